The largest absolute Gasteiger partial charge is 0.497 e. The molecule has 1 atom stereocenters. The number of rotatable bonds is 7. The molecule has 0 fully saturated rings. The highest BCUT2D eigenvalue weighted by atomic mass is 32.1. The SMILES string of the molecule is COc1ccc([C@H]2C(C(=O)Nc3ccccc3)=C(C)N=c3s/c(=C\c4cc(C)n(-c5ccc6ccccc6c5)c4C)c(=O)n32)c(OC)c1. The number of fused-ring (bicyclic) bond motifs is 2. The third-order valence-electron chi connectivity index (χ3n) is 8.78. The summed E-state index contributed by atoms with van der Waals surface area (Å²) in [5.41, 5.74) is 5.98. The molecule has 6 aromatic rings. The van der Waals surface area contributed by atoms with Crippen LogP contribution in [0.1, 0.15) is 35.5 Å². The van der Waals surface area contributed by atoms with Crippen molar-refractivity contribution in [2.75, 3.05) is 19.5 Å². The number of aromatic nitrogens is 2. The number of nitrogens with one attached hydrogen (secondary N) is 1. The van der Waals surface area contributed by atoms with Gasteiger partial charge in [0.2, 0.25) is 0 Å². The summed E-state index contributed by atoms with van der Waals surface area (Å²) in [6.07, 6.45) is 1.93. The van der Waals surface area contributed by atoms with E-state index in [1.807, 2.05) is 54.6 Å². The zero-order valence-corrected chi connectivity index (χ0v) is 28.1. The van der Waals surface area contributed by atoms with Crippen LogP contribution in [0.3, 0.4) is 0 Å². The Morgan fingerprint density at radius 1 is 0.875 bits per heavy atom. The number of allylic oxidation sites excluding steroid dienone is 1. The summed E-state index contributed by atoms with van der Waals surface area (Å²) in [6.45, 7) is 5.93. The number of benzene rings is 4. The standard InChI is InChI=1S/C39H34N4O4S/c1-23-19-28(25(3)42(23)30-16-15-26-11-9-10-12-27(26)20-30)21-34-38(45)43-36(32-18-17-31(46-4)22-33(32)47-5)35(24(2)40-39(43)48-34)37(44)41-29-13-7-6-8-14-29/h6-22,36H,1-5H3,(H,41,44)/b34-21-/t36-/m0/s1. The number of carbonyl (C=O) groups excluding carboxylic acids is 1. The summed E-state index contributed by atoms with van der Waals surface area (Å²) in [5.74, 6) is 0.742. The Balaban J connectivity index is 1.38. The van der Waals surface area contributed by atoms with Gasteiger partial charge in [0.15, 0.2) is 4.80 Å². The number of anilines is 1. The first-order valence-electron chi connectivity index (χ1n) is 15.6. The van der Waals surface area contributed by atoms with Crippen LogP contribution in [0.15, 0.2) is 118 Å². The van der Waals surface area contributed by atoms with E-state index in [1.165, 1.54) is 16.7 Å². The van der Waals surface area contributed by atoms with Gasteiger partial charge >= 0.3 is 0 Å². The number of ether oxygens (including phenoxy) is 2. The van der Waals surface area contributed by atoms with Crippen LogP contribution in [0.4, 0.5) is 5.69 Å². The van der Waals surface area contributed by atoms with Crippen molar-refractivity contribution in [1.29, 1.82) is 0 Å². The van der Waals surface area contributed by atoms with Crippen molar-refractivity contribution in [3.8, 4) is 17.2 Å². The summed E-state index contributed by atoms with van der Waals surface area (Å²) < 4.78 is 15.6. The Morgan fingerprint density at radius 2 is 1.62 bits per heavy atom. The average Bonchev–Trinajstić information content (AvgIpc) is 3.56. The van der Waals surface area contributed by atoms with E-state index in [0.29, 0.717) is 43.4 Å². The van der Waals surface area contributed by atoms with E-state index in [9.17, 15) is 9.59 Å². The molecule has 1 aliphatic rings. The molecule has 0 aliphatic carbocycles. The highest BCUT2D eigenvalue weighted by Crippen LogP contribution is 2.37. The molecular weight excluding hydrogens is 621 g/mol. The smallest absolute Gasteiger partial charge is 0.271 e. The van der Waals surface area contributed by atoms with E-state index in [-0.39, 0.29) is 11.5 Å². The molecule has 48 heavy (non-hydrogen) atoms. The maximum atomic E-state index is 14.4. The minimum absolute atomic E-state index is 0.241. The number of aryl methyl sites for hydroxylation is 1. The molecule has 2 aromatic heterocycles. The van der Waals surface area contributed by atoms with E-state index in [1.54, 1.807) is 37.8 Å². The molecule has 1 aliphatic heterocycles. The summed E-state index contributed by atoms with van der Waals surface area (Å²) in [6, 6.07) is 30.7. The van der Waals surface area contributed by atoms with Crippen LogP contribution in [0.5, 0.6) is 11.5 Å². The predicted molar refractivity (Wildman–Crippen MR) is 191 cm³/mol. The second-order valence-corrected chi connectivity index (χ2v) is 12.7. The van der Waals surface area contributed by atoms with Gasteiger partial charge < -0.3 is 19.4 Å². The highest BCUT2D eigenvalue weighted by Gasteiger charge is 2.34. The van der Waals surface area contributed by atoms with Crippen molar-refractivity contribution in [1.82, 2.24) is 9.13 Å². The summed E-state index contributed by atoms with van der Waals surface area (Å²) in [4.78, 5) is 33.7. The quantitative estimate of drug-likeness (QED) is 0.214. The molecular formula is C39H34N4O4S. The van der Waals surface area contributed by atoms with Crippen molar-refractivity contribution in [3.63, 3.8) is 0 Å². The van der Waals surface area contributed by atoms with Crippen LogP contribution >= 0.6 is 11.3 Å². The summed E-state index contributed by atoms with van der Waals surface area (Å²) in [7, 11) is 3.14. The van der Waals surface area contributed by atoms with Crippen molar-refractivity contribution >= 4 is 39.8 Å². The van der Waals surface area contributed by atoms with E-state index < -0.39 is 6.04 Å². The normalized spacial score (nSPS) is 14.5. The molecule has 0 bridgehead atoms. The molecule has 7 rings (SSSR count). The first kappa shape index (κ1) is 31.0. The van der Waals surface area contributed by atoms with Crippen molar-refractivity contribution in [2.45, 2.75) is 26.8 Å². The number of methoxy groups -OCH3 is 2. The minimum atomic E-state index is -0.794. The van der Waals surface area contributed by atoms with Gasteiger partial charge in [0.05, 0.1) is 30.0 Å². The van der Waals surface area contributed by atoms with Gasteiger partial charge in [0.25, 0.3) is 11.5 Å². The lowest BCUT2D eigenvalue weighted by atomic mass is 9.94. The molecule has 0 spiro atoms. The monoisotopic (exact) mass is 654 g/mol. The van der Waals surface area contributed by atoms with Gasteiger partial charge in [-0.1, -0.05) is 59.9 Å². The molecule has 240 valence electrons. The Labute approximate surface area is 281 Å². The number of amides is 1. The minimum Gasteiger partial charge on any atom is -0.497 e. The maximum absolute atomic E-state index is 14.4. The van der Waals surface area contributed by atoms with Gasteiger partial charge in [0, 0.05) is 34.4 Å². The molecule has 0 saturated carbocycles. The van der Waals surface area contributed by atoms with Gasteiger partial charge in [-0.05, 0) is 85.6 Å². The predicted octanol–water partition coefficient (Wildman–Crippen LogP) is 6.45. The Hall–Kier alpha value is -5.67. The Morgan fingerprint density at radius 3 is 2.38 bits per heavy atom. The molecule has 8 nitrogen and oxygen atoms in total. The van der Waals surface area contributed by atoms with Crippen molar-refractivity contribution in [2.24, 2.45) is 4.99 Å². The number of thiazole rings is 1. The molecule has 0 unspecified atom stereocenters. The lowest BCUT2D eigenvalue weighted by molar-refractivity contribution is -0.113. The lowest BCUT2D eigenvalue weighted by Crippen LogP contribution is -2.40. The van der Waals surface area contributed by atoms with Gasteiger partial charge in [-0.15, -0.1) is 0 Å². The fraction of sp³-hybridized carbons (Fsp3) is 0.154. The molecule has 4 aromatic carbocycles. The zero-order valence-electron chi connectivity index (χ0n) is 27.3. The average molecular weight is 655 g/mol. The number of para-hydroxylation sites is 1. The van der Waals surface area contributed by atoms with Crippen LogP contribution in [0, 0.1) is 13.8 Å². The molecule has 0 saturated heterocycles. The maximum Gasteiger partial charge on any atom is 0.271 e. The van der Waals surface area contributed by atoms with Gasteiger partial charge in [0.1, 0.15) is 17.5 Å². The van der Waals surface area contributed by atoms with Gasteiger partial charge in [-0.25, -0.2) is 4.99 Å². The first-order chi connectivity index (χ1) is 23.3. The molecule has 3 heterocycles. The third-order valence-corrected chi connectivity index (χ3v) is 9.76. The molecule has 1 N–H and O–H groups in total. The van der Waals surface area contributed by atoms with Crippen molar-refractivity contribution in [3.05, 3.63) is 151 Å². The Kier molecular flexibility index (Phi) is 8.06. The van der Waals surface area contributed by atoms with Crippen molar-refractivity contribution < 1.29 is 14.3 Å². The summed E-state index contributed by atoms with van der Waals surface area (Å²) in [5, 5.41) is 5.34. The highest BCUT2D eigenvalue weighted by molar-refractivity contribution is 7.07. The third kappa shape index (κ3) is 5.42. The fourth-order valence-electron chi connectivity index (χ4n) is 6.46. The molecule has 9 heteroatoms. The van der Waals surface area contributed by atoms with E-state index in [0.717, 1.165) is 28.0 Å². The van der Waals surface area contributed by atoms with Crippen LogP contribution in [0.25, 0.3) is 22.5 Å². The lowest BCUT2D eigenvalue weighted by Gasteiger charge is -2.26. The number of carbonyl (C=O) groups is 1. The zero-order chi connectivity index (χ0) is 33.5. The van der Waals surface area contributed by atoms with Gasteiger partial charge in [-0.3, -0.25) is 14.2 Å². The molecule has 1 amide bonds. The number of hydrogen-bond acceptors (Lipinski definition) is 6. The van der Waals surface area contributed by atoms with E-state index in [4.69, 9.17) is 14.5 Å². The van der Waals surface area contributed by atoms with Crippen LogP contribution in [0.2, 0.25) is 0 Å². The van der Waals surface area contributed by atoms with Gasteiger partial charge in [-0.2, -0.15) is 0 Å². The summed E-state index contributed by atoms with van der Waals surface area (Å²) >= 11 is 1.31. The second-order valence-electron chi connectivity index (χ2n) is 11.7. The van der Waals surface area contributed by atoms with Crippen LogP contribution in [-0.4, -0.2) is 29.3 Å². The first-order valence-corrected chi connectivity index (χ1v) is 16.4. The topological polar surface area (TPSA) is 86.9 Å². The van der Waals surface area contributed by atoms with Crippen LogP contribution in [-0.2, 0) is 4.79 Å². The number of hydrogen-bond donors (Lipinski definition) is 1. The van der Waals surface area contributed by atoms with Crippen LogP contribution < -0.4 is 29.7 Å². The Bertz CT molecular complexity index is 2440. The van der Waals surface area contributed by atoms with E-state index >= 15 is 0 Å². The number of nitrogens with zero attached hydrogens (tertiary/aromatic N) is 3. The fourth-order valence-corrected chi connectivity index (χ4v) is 7.50. The molecule has 0 radical (unpaired) electrons. The second kappa shape index (κ2) is 12.5. The van der Waals surface area contributed by atoms with E-state index in [2.05, 4.69) is 60.1 Å².